The summed E-state index contributed by atoms with van der Waals surface area (Å²) in [6, 6.07) is 4.41. The van der Waals surface area contributed by atoms with Crippen molar-refractivity contribution in [1.82, 2.24) is 4.98 Å². The van der Waals surface area contributed by atoms with E-state index in [1.54, 1.807) is 6.92 Å². The molecule has 0 unspecified atom stereocenters. The third-order valence-corrected chi connectivity index (χ3v) is 5.20. The number of ketones is 1. The molecule has 11 heteroatoms. The molecular formula is C25H18F7NO3. The molecule has 0 atom stereocenters. The Balaban J connectivity index is 1.91. The molecule has 36 heavy (non-hydrogen) atoms. The summed E-state index contributed by atoms with van der Waals surface area (Å²) in [5.41, 5.74) is -1.03. The molecule has 3 rings (SSSR count). The Morgan fingerprint density at radius 3 is 2.42 bits per heavy atom. The van der Waals surface area contributed by atoms with Crippen molar-refractivity contribution in [3.8, 4) is 5.75 Å². The van der Waals surface area contributed by atoms with E-state index in [-0.39, 0.29) is 34.5 Å². The SMILES string of the molecule is C=C(/C(=C\C1=C(C)C/C(=C\c2ncccc2C(F)(F)F)C1=O)OC)c1ccc(OC(F)(F)F)cc1F. The molecule has 0 aliphatic heterocycles. The van der Waals surface area contributed by atoms with Crippen LogP contribution in [-0.4, -0.2) is 24.2 Å². The molecule has 0 spiro atoms. The van der Waals surface area contributed by atoms with Crippen LogP contribution in [0.5, 0.6) is 5.75 Å². The molecule has 1 aliphatic rings. The summed E-state index contributed by atoms with van der Waals surface area (Å²) in [6.07, 6.45) is -6.14. The van der Waals surface area contributed by atoms with Crippen molar-refractivity contribution in [2.24, 2.45) is 0 Å². The molecule has 0 radical (unpaired) electrons. The largest absolute Gasteiger partial charge is 0.573 e. The standard InChI is InChI=1S/C25H18F7NO3/c1-13-9-15(10-21-19(24(27,28)29)5-4-8-33-21)23(34)18(13)12-22(35-3)14(2)17-7-6-16(11-20(17)26)36-25(30,31)32/h4-8,10-12H,2,9H2,1,3H3/b15-10+,22-12+. The van der Waals surface area contributed by atoms with Crippen molar-refractivity contribution in [3.05, 3.63) is 94.3 Å². The van der Waals surface area contributed by atoms with Gasteiger partial charge in [-0.25, -0.2) is 4.39 Å². The first-order chi connectivity index (χ1) is 16.7. The number of hydrogen-bond acceptors (Lipinski definition) is 4. The summed E-state index contributed by atoms with van der Waals surface area (Å²) >= 11 is 0. The van der Waals surface area contributed by atoms with Crippen LogP contribution in [0.15, 0.2) is 71.7 Å². The van der Waals surface area contributed by atoms with Crippen LogP contribution < -0.4 is 4.74 Å². The average Bonchev–Trinajstić information content (AvgIpc) is 3.02. The maximum atomic E-state index is 14.5. The normalized spacial score (nSPS) is 16.1. The summed E-state index contributed by atoms with van der Waals surface area (Å²) in [5.74, 6) is -2.51. The van der Waals surface area contributed by atoms with Gasteiger partial charge in [-0.3, -0.25) is 9.78 Å². The molecule has 190 valence electrons. The summed E-state index contributed by atoms with van der Waals surface area (Å²) in [6.45, 7) is 5.29. The lowest BCUT2D eigenvalue weighted by molar-refractivity contribution is -0.274. The second-order valence-corrected chi connectivity index (χ2v) is 7.68. The van der Waals surface area contributed by atoms with E-state index in [0.29, 0.717) is 11.6 Å². The number of rotatable bonds is 6. The van der Waals surface area contributed by atoms with E-state index in [1.165, 1.54) is 19.4 Å². The Bertz CT molecular complexity index is 1300. The molecule has 1 aliphatic carbocycles. The molecule has 0 amide bonds. The molecule has 0 bridgehead atoms. The Hall–Kier alpha value is -3.89. The summed E-state index contributed by atoms with van der Waals surface area (Å²) in [4.78, 5) is 16.7. The number of Topliss-reactive ketones (excluding diaryl/α,β-unsaturated/α-hetero) is 1. The fourth-order valence-electron chi connectivity index (χ4n) is 3.54. The summed E-state index contributed by atoms with van der Waals surface area (Å²) < 4.78 is 100. The first-order valence-corrected chi connectivity index (χ1v) is 10.2. The molecule has 4 nitrogen and oxygen atoms in total. The molecule has 1 aromatic heterocycles. The van der Waals surface area contributed by atoms with Crippen LogP contribution >= 0.6 is 0 Å². The quantitative estimate of drug-likeness (QED) is 0.180. The van der Waals surface area contributed by atoms with Gasteiger partial charge in [0.1, 0.15) is 17.3 Å². The molecule has 0 fully saturated rings. The van der Waals surface area contributed by atoms with Gasteiger partial charge in [0.15, 0.2) is 5.78 Å². The monoisotopic (exact) mass is 513 g/mol. The van der Waals surface area contributed by atoms with Crippen LogP contribution in [0, 0.1) is 5.82 Å². The van der Waals surface area contributed by atoms with Gasteiger partial charge in [-0.15, -0.1) is 13.2 Å². The van der Waals surface area contributed by atoms with Crippen LogP contribution in [-0.2, 0) is 15.7 Å². The van der Waals surface area contributed by atoms with Gasteiger partial charge in [0.25, 0.3) is 0 Å². The Labute approximate surface area is 201 Å². The van der Waals surface area contributed by atoms with Crippen molar-refractivity contribution < 1.29 is 45.0 Å². The predicted molar refractivity (Wildman–Crippen MR) is 117 cm³/mol. The fourth-order valence-corrected chi connectivity index (χ4v) is 3.54. The fraction of sp³-hybridized carbons (Fsp3) is 0.200. The molecule has 0 N–H and O–H groups in total. The number of methoxy groups -OCH3 is 1. The highest BCUT2D eigenvalue weighted by Gasteiger charge is 2.34. The van der Waals surface area contributed by atoms with Crippen LogP contribution in [0.3, 0.4) is 0 Å². The summed E-state index contributed by atoms with van der Waals surface area (Å²) in [5, 5.41) is 0. The van der Waals surface area contributed by atoms with Crippen molar-refractivity contribution in [3.63, 3.8) is 0 Å². The lowest BCUT2D eigenvalue weighted by Crippen LogP contribution is -2.17. The average molecular weight is 513 g/mol. The van der Waals surface area contributed by atoms with Crippen molar-refractivity contribution in [1.29, 1.82) is 0 Å². The van der Waals surface area contributed by atoms with E-state index in [2.05, 4.69) is 16.3 Å². The van der Waals surface area contributed by atoms with E-state index >= 15 is 0 Å². The highest BCUT2D eigenvalue weighted by atomic mass is 19.4. The van der Waals surface area contributed by atoms with Gasteiger partial charge in [0.2, 0.25) is 0 Å². The van der Waals surface area contributed by atoms with Gasteiger partial charge in [-0.1, -0.05) is 12.2 Å². The third kappa shape index (κ3) is 6.02. The maximum Gasteiger partial charge on any atom is 0.573 e. The van der Waals surface area contributed by atoms with E-state index in [1.807, 2.05) is 0 Å². The Kier molecular flexibility index (Phi) is 7.42. The number of benzene rings is 1. The number of pyridine rings is 1. The van der Waals surface area contributed by atoms with E-state index in [4.69, 9.17) is 4.74 Å². The minimum atomic E-state index is -5.00. The predicted octanol–water partition coefficient (Wildman–Crippen LogP) is 7.05. The highest BCUT2D eigenvalue weighted by molar-refractivity contribution is 6.16. The number of halogens is 7. The highest BCUT2D eigenvalue weighted by Crippen LogP contribution is 2.36. The molecule has 1 heterocycles. The Morgan fingerprint density at radius 1 is 1.14 bits per heavy atom. The van der Waals surface area contributed by atoms with Gasteiger partial charge < -0.3 is 9.47 Å². The van der Waals surface area contributed by atoms with Gasteiger partial charge >= 0.3 is 12.5 Å². The van der Waals surface area contributed by atoms with E-state index < -0.39 is 41.1 Å². The van der Waals surface area contributed by atoms with Gasteiger partial charge in [0, 0.05) is 34.5 Å². The zero-order valence-corrected chi connectivity index (χ0v) is 18.9. The van der Waals surface area contributed by atoms with Crippen LogP contribution in [0.4, 0.5) is 30.7 Å². The molecule has 2 aromatic rings. The zero-order valence-electron chi connectivity index (χ0n) is 18.9. The first-order valence-electron chi connectivity index (χ1n) is 10.2. The zero-order chi connectivity index (χ0) is 26.8. The van der Waals surface area contributed by atoms with E-state index in [0.717, 1.165) is 30.3 Å². The second-order valence-electron chi connectivity index (χ2n) is 7.68. The number of nitrogens with zero attached hydrogens (tertiary/aromatic N) is 1. The number of ether oxygens (including phenoxy) is 2. The smallest absolute Gasteiger partial charge is 0.496 e. The number of hydrogen-bond donors (Lipinski definition) is 0. The number of allylic oxidation sites excluding steroid dienone is 5. The van der Waals surface area contributed by atoms with E-state index in [9.17, 15) is 35.5 Å². The number of carbonyl (C=O) groups is 1. The Morgan fingerprint density at radius 2 is 1.83 bits per heavy atom. The first kappa shape index (κ1) is 26.7. The number of aromatic nitrogens is 1. The van der Waals surface area contributed by atoms with Crippen LogP contribution in [0.2, 0.25) is 0 Å². The molecule has 0 saturated carbocycles. The lowest BCUT2D eigenvalue weighted by atomic mass is 10.0. The molecule has 1 aromatic carbocycles. The number of carbonyl (C=O) groups excluding carboxylic acids is 1. The van der Waals surface area contributed by atoms with Crippen molar-refractivity contribution in [2.75, 3.05) is 7.11 Å². The van der Waals surface area contributed by atoms with Gasteiger partial charge in [-0.2, -0.15) is 13.2 Å². The van der Waals surface area contributed by atoms with Crippen LogP contribution in [0.1, 0.15) is 30.2 Å². The third-order valence-electron chi connectivity index (χ3n) is 5.20. The topological polar surface area (TPSA) is 48.4 Å². The maximum absolute atomic E-state index is 14.5. The van der Waals surface area contributed by atoms with Crippen molar-refractivity contribution >= 4 is 17.4 Å². The molecular weight excluding hydrogens is 495 g/mol. The second kappa shape index (κ2) is 10.00. The minimum absolute atomic E-state index is 0.0415. The van der Waals surface area contributed by atoms with Gasteiger partial charge in [0.05, 0.1) is 18.4 Å². The van der Waals surface area contributed by atoms with Gasteiger partial charge in [-0.05, 0) is 49.8 Å². The van der Waals surface area contributed by atoms with Crippen molar-refractivity contribution in [2.45, 2.75) is 25.9 Å². The lowest BCUT2D eigenvalue weighted by Gasteiger charge is -2.13. The summed E-state index contributed by atoms with van der Waals surface area (Å²) in [7, 11) is 1.21. The number of alkyl halides is 6. The minimum Gasteiger partial charge on any atom is -0.496 e. The molecule has 0 saturated heterocycles. The van der Waals surface area contributed by atoms with Crippen LogP contribution in [0.25, 0.3) is 11.6 Å².